The highest BCUT2D eigenvalue weighted by Gasteiger charge is 2.32. The molecule has 88 valence electrons. The Hall–Kier alpha value is -0.110. The van der Waals surface area contributed by atoms with Gasteiger partial charge >= 0.3 is 0 Å². The van der Waals surface area contributed by atoms with Crippen LogP contribution in [0.1, 0.15) is 54.4 Å². The van der Waals surface area contributed by atoms with E-state index in [0.717, 1.165) is 5.88 Å². The standard InChI is InChI=1S/C13H25NS/c1-7-8-10(2)14-9-15-11(3)12(14)13(4,5)6/h10H,7-9H2,1-6H3. The van der Waals surface area contributed by atoms with Gasteiger partial charge in [-0.05, 0) is 20.3 Å². The Bertz CT molecular complexity index is 250. The summed E-state index contributed by atoms with van der Waals surface area (Å²) in [6.07, 6.45) is 2.58. The molecule has 1 unspecified atom stereocenters. The zero-order valence-corrected chi connectivity index (χ0v) is 11.9. The highest BCUT2D eigenvalue weighted by atomic mass is 32.2. The average Bonchev–Trinajstić information content (AvgIpc) is 2.46. The van der Waals surface area contributed by atoms with E-state index in [2.05, 4.69) is 46.4 Å². The molecule has 0 fully saturated rings. The number of thioether (sulfide) groups is 1. The normalized spacial score (nSPS) is 20.0. The number of hydrogen-bond acceptors (Lipinski definition) is 2. The van der Waals surface area contributed by atoms with Crippen LogP contribution in [0.25, 0.3) is 0 Å². The van der Waals surface area contributed by atoms with Crippen LogP contribution >= 0.6 is 11.8 Å². The first-order valence-corrected chi connectivity index (χ1v) is 6.97. The van der Waals surface area contributed by atoms with E-state index >= 15 is 0 Å². The highest BCUT2D eigenvalue weighted by molar-refractivity contribution is 8.03. The lowest BCUT2D eigenvalue weighted by atomic mass is 9.90. The molecular formula is C13H25NS. The maximum Gasteiger partial charge on any atom is 0.0683 e. The second-order valence-electron chi connectivity index (χ2n) is 5.54. The molecule has 0 saturated heterocycles. The lowest BCUT2D eigenvalue weighted by Crippen LogP contribution is -2.34. The zero-order valence-electron chi connectivity index (χ0n) is 11.1. The fourth-order valence-electron chi connectivity index (χ4n) is 2.38. The second-order valence-corrected chi connectivity index (χ2v) is 6.69. The third kappa shape index (κ3) is 2.93. The van der Waals surface area contributed by atoms with Gasteiger partial charge in [0.2, 0.25) is 0 Å². The van der Waals surface area contributed by atoms with Crippen LogP contribution in [0.5, 0.6) is 0 Å². The Balaban J connectivity index is 2.84. The van der Waals surface area contributed by atoms with Crippen molar-refractivity contribution in [3.05, 3.63) is 10.6 Å². The number of allylic oxidation sites excluding steroid dienone is 2. The summed E-state index contributed by atoms with van der Waals surface area (Å²) in [7, 11) is 0. The molecule has 0 amide bonds. The van der Waals surface area contributed by atoms with Crippen molar-refractivity contribution in [1.29, 1.82) is 0 Å². The number of rotatable bonds is 3. The van der Waals surface area contributed by atoms with Crippen molar-refractivity contribution in [3.8, 4) is 0 Å². The summed E-state index contributed by atoms with van der Waals surface area (Å²) < 4.78 is 0. The lowest BCUT2D eigenvalue weighted by molar-refractivity contribution is 0.239. The fraction of sp³-hybridized carbons (Fsp3) is 0.846. The largest absolute Gasteiger partial charge is 0.361 e. The van der Waals surface area contributed by atoms with Crippen molar-refractivity contribution in [1.82, 2.24) is 4.90 Å². The van der Waals surface area contributed by atoms with Crippen LogP contribution in [0.15, 0.2) is 10.6 Å². The van der Waals surface area contributed by atoms with Crippen LogP contribution in [-0.4, -0.2) is 16.8 Å². The predicted octanol–water partition coefficient (Wildman–Crippen LogP) is 4.46. The molecule has 1 rings (SSSR count). The predicted molar refractivity (Wildman–Crippen MR) is 70.8 cm³/mol. The minimum atomic E-state index is 0.287. The molecule has 1 nitrogen and oxygen atoms in total. The lowest BCUT2D eigenvalue weighted by Gasteiger charge is -2.35. The summed E-state index contributed by atoms with van der Waals surface area (Å²) in [5.41, 5.74) is 1.85. The van der Waals surface area contributed by atoms with Crippen LogP contribution in [0.4, 0.5) is 0 Å². The highest BCUT2D eigenvalue weighted by Crippen LogP contribution is 2.42. The van der Waals surface area contributed by atoms with Gasteiger partial charge in [0.15, 0.2) is 0 Å². The van der Waals surface area contributed by atoms with Crippen molar-refractivity contribution < 1.29 is 0 Å². The molecule has 0 aliphatic carbocycles. The molecule has 0 N–H and O–H groups in total. The summed E-state index contributed by atoms with van der Waals surface area (Å²) >= 11 is 2.00. The fourth-order valence-corrected chi connectivity index (χ4v) is 3.66. The topological polar surface area (TPSA) is 3.24 Å². The molecule has 15 heavy (non-hydrogen) atoms. The van der Waals surface area contributed by atoms with E-state index in [1.807, 2.05) is 11.8 Å². The first kappa shape index (κ1) is 13.0. The Labute approximate surface area is 99.3 Å². The quantitative estimate of drug-likeness (QED) is 0.700. The summed E-state index contributed by atoms with van der Waals surface area (Å²) in [4.78, 5) is 4.12. The molecular weight excluding hydrogens is 202 g/mol. The van der Waals surface area contributed by atoms with E-state index in [9.17, 15) is 0 Å². The van der Waals surface area contributed by atoms with Gasteiger partial charge in [-0.25, -0.2) is 0 Å². The Morgan fingerprint density at radius 2 is 2.00 bits per heavy atom. The summed E-state index contributed by atoms with van der Waals surface area (Å²) in [5, 5.41) is 0. The molecule has 0 aromatic rings. The summed E-state index contributed by atoms with van der Waals surface area (Å²) in [6, 6.07) is 0.689. The molecule has 0 aromatic heterocycles. The van der Waals surface area contributed by atoms with Crippen molar-refractivity contribution in [2.75, 3.05) is 5.88 Å². The van der Waals surface area contributed by atoms with Crippen molar-refractivity contribution in [2.24, 2.45) is 5.41 Å². The molecule has 0 spiro atoms. The van der Waals surface area contributed by atoms with Gasteiger partial charge in [0.25, 0.3) is 0 Å². The molecule has 0 radical (unpaired) electrons. The van der Waals surface area contributed by atoms with Crippen molar-refractivity contribution >= 4 is 11.8 Å². The van der Waals surface area contributed by atoms with Gasteiger partial charge < -0.3 is 4.90 Å². The number of hydrogen-bond donors (Lipinski definition) is 0. The second kappa shape index (κ2) is 4.82. The van der Waals surface area contributed by atoms with Crippen molar-refractivity contribution in [2.45, 2.75) is 60.4 Å². The van der Waals surface area contributed by atoms with Crippen molar-refractivity contribution in [3.63, 3.8) is 0 Å². The van der Waals surface area contributed by atoms with Gasteiger partial charge in [0, 0.05) is 22.1 Å². The van der Waals surface area contributed by atoms with Gasteiger partial charge in [-0.15, -0.1) is 11.8 Å². The van der Waals surface area contributed by atoms with Gasteiger partial charge in [-0.1, -0.05) is 34.1 Å². The van der Waals surface area contributed by atoms with Crippen LogP contribution in [0.2, 0.25) is 0 Å². The van der Waals surface area contributed by atoms with Crippen LogP contribution in [0.3, 0.4) is 0 Å². The van der Waals surface area contributed by atoms with Gasteiger partial charge in [-0.3, -0.25) is 0 Å². The van der Waals surface area contributed by atoms with E-state index in [1.165, 1.54) is 17.7 Å². The van der Waals surface area contributed by atoms with E-state index in [1.54, 1.807) is 5.70 Å². The summed E-state index contributed by atoms with van der Waals surface area (Å²) in [6.45, 7) is 13.9. The van der Waals surface area contributed by atoms with E-state index in [-0.39, 0.29) is 5.41 Å². The molecule has 1 aliphatic rings. The smallest absolute Gasteiger partial charge is 0.0683 e. The number of nitrogens with zero attached hydrogens (tertiary/aromatic N) is 1. The van der Waals surface area contributed by atoms with E-state index < -0.39 is 0 Å². The molecule has 2 heteroatoms. The molecule has 1 heterocycles. The Kier molecular flexibility index (Phi) is 4.16. The Morgan fingerprint density at radius 3 is 2.47 bits per heavy atom. The van der Waals surface area contributed by atoms with Crippen LogP contribution in [0, 0.1) is 5.41 Å². The zero-order chi connectivity index (χ0) is 11.6. The van der Waals surface area contributed by atoms with Crippen LogP contribution < -0.4 is 0 Å². The minimum absolute atomic E-state index is 0.287. The van der Waals surface area contributed by atoms with E-state index in [0.29, 0.717) is 6.04 Å². The average molecular weight is 227 g/mol. The minimum Gasteiger partial charge on any atom is -0.361 e. The van der Waals surface area contributed by atoms with Gasteiger partial charge in [-0.2, -0.15) is 0 Å². The molecule has 0 aromatic carbocycles. The first-order chi connectivity index (χ1) is 6.88. The van der Waals surface area contributed by atoms with E-state index in [4.69, 9.17) is 0 Å². The maximum atomic E-state index is 2.60. The molecule has 1 aliphatic heterocycles. The first-order valence-electron chi connectivity index (χ1n) is 5.98. The molecule has 0 saturated carbocycles. The van der Waals surface area contributed by atoms with Gasteiger partial charge in [0.1, 0.15) is 0 Å². The van der Waals surface area contributed by atoms with Crippen LogP contribution in [-0.2, 0) is 0 Å². The third-order valence-corrected chi connectivity index (χ3v) is 4.02. The van der Waals surface area contributed by atoms with Gasteiger partial charge in [0.05, 0.1) is 5.88 Å². The maximum absolute atomic E-state index is 2.60. The SMILES string of the molecule is CCCC(C)N1CSC(C)=C1C(C)(C)C. The monoisotopic (exact) mass is 227 g/mol. The third-order valence-electron chi connectivity index (χ3n) is 2.99. The molecule has 0 bridgehead atoms. The molecule has 1 atom stereocenters. The summed E-state index contributed by atoms with van der Waals surface area (Å²) in [5.74, 6) is 1.15. The Morgan fingerprint density at radius 1 is 1.40 bits per heavy atom.